The van der Waals surface area contributed by atoms with Crippen LogP contribution in [0.5, 0.6) is 0 Å². The Kier molecular flexibility index (Phi) is 4.58. The van der Waals surface area contributed by atoms with Crippen molar-refractivity contribution in [3.05, 3.63) is 47.8 Å². The van der Waals surface area contributed by atoms with Crippen LogP contribution in [0.2, 0.25) is 0 Å². The van der Waals surface area contributed by atoms with Gasteiger partial charge in [-0.3, -0.25) is 15.0 Å². The maximum Gasteiger partial charge on any atom is 0.0346 e. The third-order valence-corrected chi connectivity index (χ3v) is 4.57. The highest BCUT2D eigenvalue weighted by Gasteiger charge is 2.12. The minimum absolute atomic E-state index is 1.01. The summed E-state index contributed by atoms with van der Waals surface area (Å²) in [6.07, 6.45) is 6.58. The molecular weight excluding hydrogens is 278 g/mol. The molecule has 0 spiro atoms. The molecule has 1 aromatic heterocycles. The fraction of sp³-hybridized carbons (Fsp3) is 0.353. The lowest BCUT2D eigenvalue weighted by molar-refractivity contribution is 0.331. The molecule has 0 amide bonds. The highest BCUT2D eigenvalue weighted by atomic mass is 32.2. The van der Waals surface area contributed by atoms with E-state index >= 15 is 0 Å². The van der Waals surface area contributed by atoms with Crippen LogP contribution in [0.1, 0.15) is 24.0 Å². The van der Waals surface area contributed by atoms with Gasteiger partial charge >= 0.3 is 0 Å². The third kappa shape index (κ3) is 3.46. The molecule has 1 fully saturated rings. The van der Waals surface area contributed by atoms with Crippen molar-refractivity contribution in [2.45, 2.75) is 31.2 Å². The SMILES string of the molecule is Cc1cc(SN)ccc1-c1cncc(CN2CCCC2)c1. The Labute approximate surface area is 130 Å². The van der Waals surface area contributed by atoms with E-state index < -0.39 is 0 Å². The van der Waals surface area contributed by atoms with Crippen LogP contribution in [0, 0.1) is 6.92 Å². The van der Waals surface area contributed by atoms with Crippen LogP contribution in [0.3, 0.4) is 0 Å². The van der Waals surface area contributed by atoms with Crippen LogP contribution >= 0.6 is 11.9 Å². The molecule has 110 valence electrons. The van der Waals surface area contributed by atoms with Crippen molar-refractivity contribution in [2.24, 2.45) is 5.14 Å². The van der Waals surface area contributed by atoms with Gasteiger partial charge in [0, 0.05) is 29.4 Å². The molecule has 0 bridgehead atoms. The van der Waals surface area contributed by atoms with E-state index in [1.807, 2.05) is 12.4 Å². The Morgan fingerprint density at radius 1 is 1.19 bits per heavy atom. The lowest BCUT2D eigenvalue weighted by Gasteiger charge is -2.15. The zero-order valence-electron chi connectivity index (χ0n) is 12.4. The summed E-state index contributed by atoms with van der Waals surface area (Å²) >= 11 is 1.29. The molecule has 2 aromatic rings. The van der Waals surface area contributed by atoms with E-state index in [0.29, 0.717) is 0 Å². The second-order valence-electron chi connectivity index (χ2n) is 5.66. The van der Waals surface area contributed by atoms with Crippen LogP contribution in [-0.4, -0.2) is 23.0 Å². The number of hydrogen-bond donors (Lipinski definition) is 1. The van der Waals surface area contributed by atoms with Gasteiger partial charge in [-0.05, 0) is 79.7 Å². The van der Waals surface area contributed by atoms with Crippen molar-refractivity contribution in [1.29, 1.82) is 0 Å². The van der Waals surface area contributed by atoms with Crippen LogP contribution in [0.4, 0.5) is 0 Å². The van der Waals surface area contributed by atoms with Gasteiger partial charge in [0.15, 0.2) is 0 Å². The normalized spacial score (nSPS) is 15.5. The van der Waals surface area contributed by atoms with Gasteiger partial charge < -0.3 is 0 Å². The van der Waals surface area contributed by atoms with Gasteiger partial charge in [0.05, 0.1) is 0 Å². The van der Waals surface area contributed by atoms with Crippen molar-refractivity contribution in [1.82, 2.24) is 9.88 Å². The van der Waals surface area contributed by atoms with E-state index in [-0.39, 0.29) is 0 Å². The summed E-state index contributed by atoms with van der Waals surface area (Å²) < 4.78 is 0. The molecule has 0 saturated carbocycles. The Balaban J connectivity index is 1.85. The number of benzene rings is 1. The molecule has 3 rings (SSSR count). The second-order valence-corrected chi connectivity index (χ2v) is 6.37. The van der Waals surface area contributed by atoms with E-state index in [2.05, 4.69) is 41.1 Å². The predicted octanol–water partition coefficient (Wildman–Crippen LogP) is 3.62. The Bertz CT molecular complexity index is 621. The first-order valence-corrected chi connectivity index (χ1v) is 8.28. The number of nitrogens with zero attached hydrogens (tertiary/aromatic N) is 2. The molecule has 0 unspecified atom stereocenters. The first-order valence-electron chi connectivity index (χ1n) is 7.40. The lowest BCUT2D eigenvalue weighted by Crippen LogP contribution is -2.18. The number of likely N-dealkylation sites (tertiary alicyclic amines) is 1. The molecule has 21 heavy (non-hydrogen) atoms. The molecule has 1 aliphatic heterocycles. The molecule has 0 aliphatic carbocycles. The van der Waals surface area contributed by atoms with Gasteiger partial charge in [-0.15, -0.1) is 0 Å². The molecule has 0 radical (unpaired) electrons. The molecule has 3 nitrogen and oxygen atoms in total. The van der Waals surface area contributed by atoms with Gasteiger partial charge in [0.2, 0.25) is 0 Å². The molecule has 2 N–H and O–H groups in total. The van der Waals surface area contributed by atoms with Crippen LogP contribution in [-0.2, 0) is 6.54 Å². The second kappa shape index (κ2) is 6.60. The Morgan fingerprint density at radius 2 is 2.00 bits per heavy atom. The van der Waals surface area contributed by atoms with Crippen molar-refractivity contribution in [2.75, 3.05) is 13.1 Å². The summed E-state index contributed by atoms with van der Waals surface area (Å²) in [7, 11) is 0. The Morgan fingerprint density at radius 3 is 2.71 bits per heavy atom. The number of aryl methyl sites for hydroxylation is 1. The minimum atomic E-state index is 1.01. The Hall–Kier alpha value is -1.36. The summed E-state index contributed by atoms with van der Waals surface area (Å²) in [5, 5.41) is 5.62. The van der Waals surface area contributed by atoms with E-state index in [1.165, 1.54) is 60.1 Å². The highest BCUT2D eigenvalue weighted by Crippen LogP contribution is 2.27. The topological polar surface area (TPSA) is 42.1 Å². The molecule has 0 atom stereocenters. The smallest absolute Gasteiger partial charge is 0.0346 e. The molecule has 1 aliphatic rings. The first kappa shape index (κ1) is 14.6. The van der Waals surface area contributed by atoms with Crippen molar-refractivity contribution in [3.63, 3.8) is 0 Å². The third-order valence-electron chi connectivity index (χ3n) is 4.04. The van der Waals surface area contributed by atoms with Crippen molar-refractivity contribution < 1.29 is 0 Å². The number of rotatable bonds is 4. The van der Waals surface area contributed by atoms with Crippen molar-refractivity contribution >= 4 is 11.9 Å². The van der Waals surface area contributed by atoms with Gasteiger partial charge in [0.25, 0.3) is 0 Å². The summed E-state index contributed by atoms with van der Waals surface area (Å²) in [5.74, 6) is 0. The lowest BCUT2D eigenvalue weighted by atomic mass is 10.0. The average molecular weight is 299 g/mol. The summed E-state index contributed by atoms with van der Waals surface area (Å²) in [6.45, 7) is 5.57. The molecular formula is C17H21N3S. The fourth-order valence-electron chi connectivity index (χ4n) is 2.95. The van der Waals surface area contributed by atoms with Gasteiger partial charge in [-0.1, -0.05) is 6.07 Å². The zero-order valence-corrected chi connectivity index (χ0v) is 13.2. The standard InChI is InChI=1S/C17H21N3S/c1-13-8-16(21-18)4-5-17(13)15-9-14(10-19-11-15)12-20-6-2-3-7-20/h4-5,8-11H,2-3,6-7,12,18H2,1H3. The van der Waals surface area contributed by atoms with E-state index in [4.69, 9.17) is 5.14 Å². The maximum atomic E-state index is 5.62. The number of nitrogens with two attached hydrogens (primary N) is 1. The quantitative estimate of drug-likeness (QED) is 0.876. The minimum Gasteiger partial charge on any atom is -0.299 e. The number of aromatic nitrogens is 1. The fourth-order valence-corrected chi connectivity index (χ4v) is 3.35. The summed E-state index contributed by atoms with van der Waals surface area (Å²) in [6, 6.07) is 8.61. The largest absolute Gasteiger partial charge is 0.299 e. The zero-order chi connectivity index (χ0) is 14.7. The monoisotopic (exact) mass is 299 g/mol. The molecule has 1 aromatic carbocycles. The van der Waals surface area contributed by atoms with Crippen LogP contribution in [0.15, 0.2) is 41.6 Å². The van der Waals surface area contributed by atoms with E-state index in [9.17, 15) is 0 Å². The van der Waals surface area contributed by atoms with Crippen LogP contribution < -0.4 is 5.14 Å². The number of pyridine rings is 1. The highest BCUT2D eigenvalue weighted by molar-refractivity contribution is 7.97. The van der Waals surface area contributed by atoms with Crippen LogP contribution in [0.25, 0.3) is 11.1 Å². The van der Waals surface area contributed by atoms with E-state index in [1.54, 1.807) is 0 Å². The van der Waals surface area contributed by atoms with Gasteiger partial charge in [0.1, 0.15) is 0 Å². The average Bonchev–Trinajstić information content (AvgIpc) is 3.00. The van der Waals surface area contributed by atoms with E-state index in [0.717, 1.165) is 11.4 Å². The predicted molar refractivity (Wildman–Crippen MR) is 89.0 cm³/mol. The number of hydrogen-bond acceptors (Lipinski definition) is 4. The summed E-state index contributed by atoms with van der Waals surface area (Å²) in [5.41, 5.74) is 4.97. The molecule has 1 saturated heterocycles. The first-order chi connectivity index (χ1) is 10.3. The summed E-state index contributed by atoms with van der Waals surface area (Å²) in [4.78, 5) is 8.03. The molecule has 4 heteroatoms. The molecule has 2 heterocycles. The van der Waals surface area contributed by atoms with Gasteiger partial charge in [-0.25, -0.2) is 0 Å². The van der Waals surface area contributed by atoms with Crippen molar-refractivity contribution in [3.8, 4) is 11.1 Å². The maximum absolute atomic E-state index is 5.62. The van der Waals surface area contributed by atoms with Gasteiger partial charge in [-0.2, -0.15) is 0 Å².